The molecule has 6 nitrogen and oxygen atoms in total. The van der Waals surface area contributed by atoms with Crippen molar-refractivity contribution in [2.45, 2.75) is 25.2 Å². The quantitative estimate of drug-likeness (QED) is 0.879. The summed E-state index contributed by atoms with van der Waals surface area (Å²) in [6, 6.07) is 1.68. The van der Waals surface area contributed by atoms with Gasteiger partial charge in [0.15, 0.2) is 15.5 Å². The Morgan fingerprint density at radius 1 is 1.42 bits per heavy atom. The lowest BCUT2D eigenvalue weighted by Gasteiger charge is -2.07. The maximum absolute atomic E-state index is 11.8. The zero-order valence-corrected chi connectivity index (χ0v) is 11.3. The van der Waals surface area contributed by atoms with Crippen LogP contribution in [0.15, 0.2) is 10.6 Å². The van der Waals surface area contributed by atoms with E-state index in [0.717, 1.165) is 18.6 Å². The molecule has 1 atom stereocenters. The van der Waals surface area contributed by atoms with E-state index in [1.54, 1.807) is 6.07 Å². The van der Waals surface area contributed by atoms with Crippen molar-refractivity contribution in [1.29, 1.82) is 0 Å². The Morgan fingerprint density at radius 2 is 2.21 bits per heavy atom. The minimum atomic E-state index is -2.89. The van der Waals surface area contributed by atoms with Gasteiger partial charge in [0.25, 0.3) is 5.91 Å². The fourth-order valence-corrected chi connectivity index (χ4v) is 4.18. The molecule has 3 rings (SSSR count). The number of rotatable bonds is 4. The second-order valence-corrected chi connectivity index (χ2v) is 7.60. The molecule has 19 heavy (non-hydrogen) atoms. The summed E-state index contributed by atoms with van der Waals surface area (Å²) in [5, 5.41) is 6.47. The van der Waals surface area contributed by atoms with Crippen LogP contribution in [-0.2, 0) is 9.84 Å². The van der Waals surface area contributed by atoms with Crippen molar-refractivity contribution in [1.82, 2.24) is 10.5 Å². The second-order valence-electron chi connectivity index (χ2n) is 5.37. The monoisotopic (exact) mass is 284 g/mol. The molecule has 7 heteroatoms. The van der Waals surface area contributed by atoms with Crippen molar-refractivity contribution in [3.05, 3.63) is 17.5 Å². The molecule has 1 saturated heterocycles. The van der Waals surface area contributed by atoms with E-state index in [1.807, 2.05) is 0 Å². The van der Waals surface area contributed by atoms with Crippen LogP contribution in [-0.4, -0.2) is 37.5 Å². The van der Waals surface area contributed by atoms with Crippen molar-refractivity contribution in [3.63, 3.8) is 0 Å². The molecule has 2 heterocycles. The van der Waals surface area contributed by atoms with Crippen molar-refractivity contribution < 1.29 is 17.7 Å². The topological polar surface area (TPSA) is 89.3 Å². The van der Waals surface area contributed by atoms with Crippen LogP contribution in [0.5, 0.6) is 0 Å². The maximum Gasteiger partial charge on any atom is 0.273 e. The van der Waals surface area contributed by atoms with Crippen molar-refractivity contribution in [3.8, 4) is 0 Å². The number of sulfone groups is 1. The van der Waals surface area contributed by atoms with Crippen LogP contribution in [0, 0.1) is 5.92 Å². The normalized spacial score (nSPS) is 25.4. The van der Waals surface area contributed by atoms with E-state index in [2.05, 4.69) is 10.5 Å². The molecule has 2 aliphatic rings. The molecule has 1 amide bonds. The van der Waals surface area contributed by atoms with Gasteiger partial charge in [0.1, 0.15) is 5.76 Å². The fourth-order valence-electron chi connectivity index (χ4n) is 2.32. The summed E-state index contributed by atoms with van der Waals surface area (Å²) in [7, 11) is -2.89. The van der Waals surface area contributed by atoms with Crippen LogP contribution in [0.1, 0.15) is 41.4 Å². The van der Waals surface area contributed by atoms with Gasteiger partial charge in [-0.2, -0.15) is 0 Å². The van der Waals surface area contributed by atoms with Crippen LogP contribution in [0.3, 0.4) is 0 Å². The predicted octanol–water partition coefficient (Wildman–Crippen LogP) is 0.716. The lowest BCUT2D eigenvalue weighted by molar-refractivity contribution is 0.0939. The van der Waals surface area contributed by atoms with Crippen molar-refractivity contribution in [2.75, 3.05) is 18.1 Å². The van der Waals surface area contributed by atoms with E-state index in [0.29, 0.717) is 18.9 Å². The molecule has 0 aromatic carbocycles. The Hall–Kier alpha value is -1.37. The molecule has 1 aliphatic heterocycles. The van der Waals surface area contributed by atoms with Gasteiger partial charge in [0.2, 0.25) is 0 Å². The average Bonchev–Trinajstić information content (AvgIpc) is 2.98. The summed E-state index contributed by atoms with van der Waals surface area (Å²) < 4.78 is 27.7. The van der Waals surface area contributed by atoms with Crippen LogP contribution in [0.25, 0.3) is 0 Å². The molecule has 2 fully saturated rings. The first-order chi connectivity index (χ1) is 9.03. The van der Waals surface area contributed by atoms with Gasteiger partial charge >= 0.3 is 0 Å². The van der Waals surface area contributed by atoms with E-state index in [1.165, 1.54) is 0 Å². The Kier molecular flexibility index (Phi) is 3.08. The van der Waals surface area contributed by atoms with Crippen LogP contribution in [0.4, 0.5) is 0 Å². The summed E-state index contributed by atoms with van der Waals surface area (Å²) in [6.45, 7) is 0.379. The minimum absolute atomic E-state index is 0.0174. The average molecular weight is 284 g/mol. The highest BCUT2D eigenvalue weighted by Gasteiger charge is 2.30. The highest BCUT2D eigenvalue weighted by atomic mass is 32.2. The number of carbonyl (C=O) groups is 1. The highest BCUT2D eigenvalue weighted by Crippen LogP contribution is 2.40. The smallest absolute Gasteiger partial charge is 0.273 e. The largest absolute Gasteiger partial charge is 0.360 e. The lowest BCUT2D eigenvalue weighted by atomic mass is 10.1. The van der Waals surface area contributed by atoms with Gasteiger partial charge < -0.3 is 9.84 Å². The van der Waals surface area contributed by atoms with Crippen LogP contribution >= 0.6 is 0 Å². The standard InChI is InChI=1S/C12H16N2O4S/c15-12(10-5-11(18-14-10)9-1-2-9)13-6-8-3-4-19(16,17)7-8/h5,8-9H,1-4,6-7H2,(H,13,15). The molecule has 0 spiro atoms. The van der Waals surface area contributed by atoms with Crippen molar-refractivity contribution >= 4 is 15.7 Å². The molecule has 1 unspecified atom stereocenters. The second kappa shape index (κ2) is 4.63. The van der Waals surface area contributed by atoms with Gasteiger partial charge in [-0.1, -0.05) is 5.16 Å². The number of carbonyl (C=O) groups excluding carboxylic acids is 1. The van der Waals surface area contributed by atoms with Gasteiger partial charge in [0, 0.05) is 18.5 Å². The minimum Gasteiger partial charge on any atom is -0.360 e. The SMILES string of the molecule is O=C(NCC1CCS(=O)(=O)C1)c1cc(C2CC2)on1. The molecule has 1 aromatic rings. The van der Waals surface area contributed by atoms with E-state index in [-0.39, 0.29) is 29.0 Å². The zero-order valence-electron chi connectivity index (χ0n) is 10.5. The summed E-state index contributed by atoms with van der Waals surface area (Å²) >= 11 is 0. The Morgan fingerprint density at radius 3 is 2.84 bits per heavy atom. The number of hydrogen-bond acceptors (Lipinski definition) is 5. The third-order valence-electron chi connectivity index (χ3n) is 3.62. The first kappa shape index (κ1) is 12.7. The maximum atomic E-state index is 11.8. The number of aromatic nitrogens is 1. The molecular formula is C12H16N2O4S. The third kappa shape index (κ3) is 2.97. The van der Waals surface area contributed by atoms with Crippen LogP contribution < -0.4 is 5.32 Å². The Labute approximate surface area is 111 Å². The zero-order chi connectivity index (χ0) is 13.5. The summed E-state index contributed by atoms with van der Waals surface area (Å²) in [4.78, 5) is 11.8. The molecule has 0 bridgehead atoms. The van der Waals surface area contributed by atoms with E-state index in [4.69, 9.17) is 4.52 Å². The fraction of sp³-hybridized carbons (Fsp3) is 0.667. The molecule has 1 saturated carbocycles. The number of nitrogens with one attached hydrogen (secondary N) is 1. The molecular weight excluding hydrogens is 268 g/mol. The van der Waals surface area contributed by atoms with Gasteiger partial charge in [-0.05, 0) is 25.2 Å². The molecule has 1 N–H and O–H groups in total. The van der Waals surface area contributed by atoms with E-state index >= 15 is 0 Å². The number of nitrogens with zero attached hydrogens (tertiary/aromatic N) is 1. The molecule has 1 aliphatic carbocycles. The van der Waals surface area contributed by atoms with Gasteiger partial charge in [0.05, 0.1) is 11.5 Å². The molecule has 1 aromatic heterocycles. The van der Waals surface area contributed by atoms with Crippen LogP contribution in [0.2, 0.25) is 0 Å². The van der Waals surface area contributed by atoms with Crippen molar-refractivity contribution in [2.24, 2.45) is 5.92 Å². The van der Waals surface area contributed by atoms with Gasteiger partial charge in [-0.15, -0.1) is 0 Å². The third-order valence-corrected chi connectivity index (χ3v) is 5.46. The predicted molar refractivity (Wildman–Crippen MR) is 67.6 cm³/mol. The summed E-state index contributed by atoms with van der Waals surface area (Å²) in [5.74, 6) is 1.31. The number of hydrogen-bond donors (Lipinski definition) is 1. The first-order valence-corrected chi connectivity index (χ1v) is 8.31. The summed E-state index contributed by atoms with van der Waals surface area (Å²) in [6.07, 6.45) is 2.81. The lowest BCUT2D eigenvalue weighted by Crippen LogP contribution is -2.30. The molecule has 104 valence electrons. The Balaban J connectivity index is 1.53. The van der Waals surface area contributed by atoms with E-state index in [9.17, 15) is 13.2 Å². The van der Waals surface area contributed by atoms with Gasteiger partial charge in [-0.25, -0.2) is 8.42 Å². The van der Waals surface area contributed by atoms with E-state index < -0.39 is 9.84 Å². The Bertz CT molecular complexity index is 589. The van der Waals surface area contributed by atoms with Gasteiger partial charge in [-0.3, -0.25) is 4.79 Å². The first-order valence-electron chi connectivity index (χ1n) is 6.49. The number of amides is 1. The highest BCUT2D eigenvalue weighted by molar-refractivity contribution is 7.91. The molecule has 0 radical (unpaired) electrons. The summed E-state index contributed by atoms with van der Waals surface area (Å²) in [5.41, 5.74) is 0.280.